The maximum absolute atomic E-state index is 13.7. The predicted molar refractivity (Wildman–Crippen MR) is 141 cm³/mol. The van der Waals surface area contributed by atoms with Gasteiger partial charge in [-0.25, -0.2) is 4.39 Å². The van der Waals surface area contributed by atoms with E-state index in [4.69, 9.17) is 10.5 Å². The maximum Gasteiger partial charge on any atom is 0.255 e. The molecule has 7 N–H and O–H groups in total. The number of aliphatic hydroxyl groups is 3. The van der Waals surface area contributed by atoms with Crippen LogP contribution in [0.3, 0.4) is 0 Å². The minimum absolute atomic E-state index is 0.00681. The van der Waals surface area contributed by atoms with Crippen LogP contribution in [-0.2, 0) is 27.3 Å². The van der Waals surface area contributed by atoms with Crippen molar-refractivity contribution in [2.24, 2.45) is 17.6 Å². The number of carbonyl (C=O) groups excluding carboxylic acids is 3. The third-order valence-electron chi connectivity index (χ3n) is 8.10. The highest BCUT2D eigenvalue weighted by molar-refractivity contribution is 6.22. The number of nitrogens with one attached hydrogen (secondary N) is 1. The molecule has 1 fully saturated rings. The quantitative estimate of drug-likeness (QED) is 0.222. The van der Waals surface area contributed by atoms with Gasteiger partial charge in [0.1, 0.15) is 35.3 Å². The molecule has 1 saturated carbocycles. The van der Waals surface area contributed by atoms with Crippen LogP contribution < -0.4 is 15.8 Å². The minimum Gasteiger partial charge on any atom is -0.508 e. The Balaban J connectivity index is 1.66. The third kappa shape index (κ3) is 4.04. The lowest BCUT2D eigenvalue weighted by Crippen LogP contribution is -2.58. The summed E-state index contributed by atoms with van der Waals surface area (Å²) in [6, 6.07) is 8.48. The van der Waals surface area contributed by atoms with Crippen LogP contribution in [0.25, 0.3) is 16.9 Å². The second-order valence-electron chi connectivity index (χ2n) is 10.3. The van der Waals surface area contributed by atoms with Crippen LogP contribution in [0.4, 0.5) is 4.39 Å². The summed E-state index contributed by atoms with van der Waals surface area (Å²) in [5, 5.41) is 47.3. The van der Waals surface area contributed by atoms with Crippen molar-refractivity contribution in [3.63, 3.8) is 0 Å². The van der Waals surface area contributed by atoms with Gasteiger partial charge in [-0.1, -0.05) is 12.1 Å². The molecular weight excluding hydrogens is 523 g/mol. The average Bonchev–Trinajstić information content (AvgIpc) is 2.91. The van der Waals surface area contributed by atoms with Crippen molar-refractivity contribution in [2.45, 2.75) is 31.4 Å². The Kier molecular flexibility index (Phi) is 6.89. The largest absolute Gasteiger partial charge is 0.508 e. The molecule has 0 radical (unpaired) electrons. The van der Waals surface area contributed by atoms with Crippen molar-refractivity contribution < 1.29 is 43.9 Å². The van der Waals surface area contributed by atoms with E-state index in [-0.39, 0.29) is 36.3 Å². The van der Waals surface area contributed by atoms with Crippen molar-refractivity contribution >= 4 is 23.2 Å². The number of aromatic hydroxyl groups is 1. The molecule has 3 unspecified atom stereocenters. The van der Waals surface area contributed by atoms with E-state index in [9.17, 15) is 39.2 Å². The number of benzene rings is 2. The van der Waals surface area contributed by atoms with Crippen LogP contribution in [0.1, 0.15) is 29.5 Å². The molecule has 0 saturated heterocycles. The Labute approximate surface area is 228 Å². The highest BCUT2D eigenvalue weighted by atomic mass is 19.1. The fourth-order valence-electron chi connectivity index (χ4n) is 6.25. The fraction of sp³-hybridized carbons (Fsp3) is 0.345. The number of methoxy groups -OCH3 is 1. The second kappa shape index (κ2) is 10.1. The molecule has 3 atom stereocenters. The number of Topliss-reactive ketones (excluding diaryl/α,β-unsaturated/α-hetero) is 2. The number of phenols is 1. The van der Waals surface area contributed by atoms with Gasteiger partial charge in [0.05, 0.1) is 12.7 Å². The van der Waals surface area contributed by atoms with Crippen molar-refractivity contribution in [1.29, 1.82) is 0 Å². The van der Waals surface area contributed by atoms with E-state index in [1.54, 1.807) is 12.1 Å². The van der Waals surface area contributed by atoms with E-state index < -0.39 is 65.1 Å². The number of fused-ring (bicyclic) bond motifs is 3. The number of ether oxygens (including phenoxy) is 1. The van der Waals surface area contributed by atoms with Crippen LogP contribution in [0.15, 0.2) is 47.2 Å². The third-order valence-corrected chi connectivity index (χ3v) is 8.10. The number of nitrogens with two attached hydrogens (primary N) is 1. The molecule has 11 heteroatoms. The van der Waals surface area contributed by atoms with E-state index in [2.05, 4.69) is 5.32 Å². The molecule has 2 aromatic rings. The van der Waals surface area contributed by atoms with E-state index in [0.717, 1.165) is 5.56 Å². The van der Waals surface area contributed by atoms with Gasteiger partial charge in [-0.3, -0.25) is 14.4 Å². The molecule has 0 heterocycles. The summed E-state index contributed by atoms with van der Waals surface area (Å²) in [7, 11) is 1.50. The normalized spacial score (nSPS) is 24.0. The zero-order chi connectivity index (χ0) is 28.9. The van der Waals surface area contributed by atoms with Gasteiger partial charge in [-0.15, -0.1) is 0 Å². The maximum atomic E-state index is 13.7. The summed E-state index contributed by atoms with van der Waals surface area (Å²) in [5.41, 5.74) is 4.20. The van der Waals surface area contributed by atoms with Crippen molar-refractivity contribution in [1.82, 2.24) is 5.32 Å². The summed E-state index contributed by atoms with van der Waals surface area (Å²) in [6.07, 6.45) is -0.204. The lowest BCUT2D eigenvalue weighted by molar-refractivity contribution is -0.147. The van der Waals surface area contributed by atoms with Gasteiger partial charge >= 0.3 is 0 Å². The standard InChI is InChI=1S/C29H29FN2O8/c1-40-21-5-2-13(12-32-7-6-30)8-17(21)16-3-4-19(33)23-18(16)10-14-9-15-11-20(34)24(28(31)38)27(37)29(15,39)26(36)22(14)25(23)35/h2-5,8,14-15,32-33,35,37,39H,6-7,9-12H2,1H3,(H2,31,38). The number of halogens is 1. The molecule has 1 amide bonds. The second-order valence-corrected chi connectivity index (χ2v) is 10.3. The number of phenolic OH excluding ortho intramolecular Hbond substituents is 1. The molecular formula is C29H29FN2O8. The summed E-state index contributed by atoms with van der Waals surface area (Å²) < 4.78 is 18.2. The molecule has 3 aliphatic carbocycles. The number of rotatable bonds is 7. The number of ketones is 2. The van der Waals surface area contributed by atoms with E-state index >= 15 is 0 Å². The van der Waals surface area contributed by atoms with Crippen LogP contribution in [0.5, 0.6) is 11.5 Å². The SMILES string of the molecule is COc1ccc(CNCCF)cc1-c1ccc(O)c2c1CC1CC3CC(=O)C(C(N)=O)=C(O)C3(O)C(=O)C1=C2O. The molecule has 0 spiro atoms. The van der Waals surface area contributed by atoms with Gasteiger partial charge in [0.15, 0.2) is 11.4 Å². The first-order valence-electron chi connectivity index (χ1n) is 12.8. The molecule has 0 aromatic heterocycles. The molecule has 5 rings (SSSR count). The van der Waals surface area contributed by atoms with Gasteiger partial charge < -0.3 is 36.2 Å². The predicted octanol–water partition coefficient (Wildman–Crippen LogP) is 2.16. The Morgan fingerprint density at radius 2 is 1.90 bits per heavy atom. The summed E-state index contributed by atoms with van der Waals surface area (Å²) in [4.78, 5) is 38.1. The highest BCUT2D eigenvalue weighted by Crippen LogP contribution is 2.53. The minimum atomic E-state index is -2.62. The molecule has 210 valence electrons. The van der Waals surface area contributed by atoms with Crippen LogP contribution in [0, 0.1) is 11.8 Å². The molecule has 0 aliphatic heterocycles. The van der Waals surface area contributed by atoms with E-state index in [1.807, 2.05) is 12.1 Å². The molecule has 0 bridgehead atoms. The smallest absolute Gasteiger partial charge is 0.255 e. The van der Waals surface area contributed by atoms with Gasteiger partial charge in [0.2, 0.25) is 5.78 Å². The van der Waals surface area contributed by atoms with Crippen LogP contribution in [0.2, 0.25) is 0 Å². The number of hydrogen-bond acceptors (Lipinski definition) is 9. The Bertz CT molecular complexity index is 1510. The zero-order valence-corrected chi connectivity index (χ0v) is 21.7. The summed E-state index contributed by atoms with van der Waals surface area (Å²) in [6.45, 7) is 0.0721. The summed E-state index contributed by atoms with van der Waals surface area (Å²) in [5.74, 6) is -6.29. The van der Waals surface area contributed by atoms with Crippen LogP contribution >= 0.6 is 0 Å². The molecule has 10 nitrogen and oxygen atoms in total. The van der Waals surface area contributed by atoms with Gasteiger partial charge in [-0.2, -0.15) is 0 Å². The zero-order valence-electron chi connectivity index (χ0n) is 21.7. The molecule has 40 heavy (non-hydrogen) atoms. The summed E-state index contributed by atoms with van der Waals surface area (Å²) >= 11 is 0. The Morgan fingerprint density at radius 1 is 1.15 bits per heavy atom. The number of hydrogen-bond donors (Lipinski definition) is 6. The molecule has 3 aliphatic rings. The van der Waals surface area contributed by atoms with Crippen molar-refractivity contribution in [2.75, 3.05) is 20.3 Å². The van der Waals surface area contributed by atoms with Crippen LogP contribution in [-0.4, -0.2) is 63.8 Å². The lowest BCUT2D eigenvalue weighted by atomic mass is 9.59. The average molecular weight is 553 g/mol. The number of aliphatic hydroxyl groups excluding tert-OH is 2. The Morgan fingerprint density at radius 3 is 2.58 bits per heavy atom. The monoisotopic (exact) mass is 552 g/mol. The van der Waals surface area contributed by atoms with Gasteiger partial charge in [-0.05, 0) is 53.6 Å². The number of carbonyl (C=O) groups is 3. The van der Waals surface area contributed by atoms with Gasteiger partial charge in [0.25, 0.3) is 5.91 Å². The van der Waals surface area contributed by atoms with E-state index in [0.29, 0.717) is 29.0 Å². The topological polar surface area (TPSA) is 179 Å². The number of primary amides is 1. The first-order chi connectivity index (χ1) is 19.0. The molecule has 2 aromatic carbocycles. The Hall–Kier alpha value is -4.22. The van der Waals surface area contributed by atoms with E-state index in [1.165, 1.54) is 13.2 Å². The lowest BCUT2D eigenvalue weighted by Gasteiger charge is -2.46. The first-order valence-corrected chi connectivity index (χ1v) is 12.8. The highest BCUT2D eigenvalue weighted by Gasteiger charge is 2.60. The fourth-order valence-corrected chi connectivity index (χ4v) is 6.25. The van der Waals surface area contributed by atoms with Crippen molar-refractivity contribution in [3.05, 3.63) is 63.9 Å². The number of alkyl halides is 1. The van der Waals surface area contributed by atoms with Crippen molar-refractivity contribution in [3.8, 4) is 22.6 Å². The number of amides is 1. The first kappa shape index (κ1) is 27.4. The van der Waals surface area contributed by atoms with Gasteiger partial charge in [0, 0.05) is 36.6 Å².